The number of hydrogen-bond donors (Lipinski definition) is 2. The highest BCUT2D eigenvalue weighted by Gasteiger charge is 2.44. The lowest BCUT2D eigenvalue weighted by Gasteiger charge is -2.45. The second-order valence-corrected chi connectivity index (χ2v) is 15.0. The Morgan fingerprint density at radius 2 is 2.12 bits per heavy atom. The molecule has 5 rings (SSSR count). The van der Waals surface area contributed by atoms with Crippen LogP contribution >= 0.6 is 27.5 Å². The molecule has 2 aliphatic carbocycles. The van der Waals surface area contributed by atoms with E-state index in [-0.39, 0.29) is 23.0 Å². The van der Waals surface area contributed by atoms with E-state index in [0.29, 0.717) is 38.1 Å². The molecule has 1 spiro atoms. The predicted octanol–water partition coefficient (Wildman–Crippen LogP) is 5.33. The van der Waals surface area contributed by atoms with Gasteiger partial charge in [0, 0.05) is 23.5 Å². The molecule has 2 aromatic carbocycles. The van der Waals surface area contributed by atoms with Crippen molar-refractivity contribution >= 4 is 49.2 Å². The molecule has 1 heterocycles. The monoisotopic (exact) mass is 680 g/mol. The van der Waals surface area contributed by atoms with E-state index in [9.17, 15) is 18.3 Å². The summed E-state index contributed by atoms with van der Waals surface area (Å²) in [7, 11) is -2.14. The lowest BCUT2D eigenvalue weighted by molar-refractivity contribution is 0.0455. The van der Waals surface area contributed by atoms with Crippen LogP contribution in [0.15, 0.2) is 47.0 Å². The molecule has 1 fully saturated rings. The fraction of sp³-hybridized carbons (Fsp3) is 0.516. The van der Waals surface area contributed by atoms with E-state index in [1.807, 2.05) is 18.2 Å². The van der Waals surface area contributed by atoms with Crippen LogP contribution < -0.4 is 14.8 Å². The van der Waals surface area contributed by atoms with Gasteiger partial charge in [-0.05, 0) is 109 Å². The number of benzene rings is 2. The minimum atomic E-state index is -3.52. The SMILES string of the molecule is COC(=O)c1ccc2c(c1)N(C[C@@H]1CC[C@H]1[C@@H](O)/C=C(\Br)CCCS(N)(=O)=O)CC1(CCCc3cc(Cl)ccc31)CO2. The number of anilines is 1. The van der Waals surface area contributed by atoms with E-state index in [0.717, 1.165) is 53.0 Å². The number of sulfonamides is 1. The van der Waals surface area contributed by atoms with Gasteiger partial charge in [0.05, 0.1) is 36.8 Å². The Balaban J connectivity index is 1.41. The number of halogens is 2. The van der Waals surface area contributed by atoms with Gasteiger partial charge in [0.2, 0.25) is 10.0 Å². The second-order valence-electron chi connectivity index (χ2n) is 11.9. The molecule has 0 saturated heterocycles. The summed E-state index contributed by atoms with van der Waals surface area (Å²) in [6.45, 7) is 1.93. The van der Waals surface area contributed by atoms with Crippen LogP contribution in [0.2, 0.25) is 5.02 Å². The summed E-state index contributed by atoms with van der Waals surface area (Å²) >= 11 is 9.87. The summed E-state index contributed by atoms with van der Waals surface area (Å²) in [5, 5.41) is 17.0. The minimum absolute atomic E-state index is 0.0561. The van der Waals surface area contributed by atoms with Crippen LogP contribution in [0.3, 0.4) is 0 Å². The zero-order valence-electron chi connectivity index (χ0n) is 23.7. The number of carbonyl (C=O) groups excluding carboxylic acids is 1. The van der Waals surface area contributed by atoms with Crippen molar-refractivity contribution < 1.29 is 27.8 Å². The molecular formula is C31H38BrClN2O6S. The van der Waals surface area contributed by atoms with Crippen LogP contribution in [0.25, 0.3) is 0 Å². The highest BCUT2D eigenvalue weighted by atomic mass is 79.9. The highest BCUT2D eigenvalue weighted by Crippen LogP contribution is 2.46. The third-order valence-corrected chi connectivity index (χ3v) is 10.8. The number of aryl methyl sites for hydroxylation is 1. The molecule has 2 aromatic rings. The van der Waals surface area contributed by atoms with Crippen molar-refractivity contribution in [3.8, 4) is 5.75 Å². The molecule has 11 heteroatoms. The first-order chi connectivity index (χ1) is 20.0. The average Bonchev–Trinajstić information content (AvgIpc) is 3.06. The van der Waals surface area contributed by atoms with Gasteiger partial charge in [-0.3, -0.25) is 0 Å². The molecule has 0 bridgehead atoms. The smallest absolute Gasteiger partial charge is 0.337 e. The summed E-state index contributed by atoms with van der Waals surface area (Å²) in [5.41, 5.74) is 3.60. The molecule has 0 radical (unpaired) electrons. The number of methoxy groups -OCH3 is 1. The van der Waals surface area contributed by atoms with Gasteiger partial charge in [0.25, 0.3) is 0 Å². The number of rotatable bonds is 9. The maximum absolute atomic E-state index is 12.5. The standard InChI is InChI=1S/C31H38BrClN2O6S/c1-40-30(37)21-7-11-29-27(15-21)35(18-31(19-41-29)12-2-4-20-14-24(33)8-10-26(20)31)17-22-6-9-25(22)28(36)16-23(32)5-3-13-42(34,38)39/h7-8,10-11,14-16,22,25,28,36H,2-6,9,12-13,17-19H2,1H3,(H2,34,38,39)/b23-16-/t22-,25+,28-,31?/m0/s1. The van der Waals surface area contributed by atoms with E-state index in [1.54, 1.807) is 12.1 Å². The van der Waals surface area contributed by atoms with Gasteiger partial charge in [-0.1, -0.05) is 33.6 Å². The summed E-state index contributed by atoms with van der Waals surface area (Å²) < 4.78 is 34.8. The van der Waals surface area contributed by atoms with Crippen molar-refractivity contribution in [2.24, 2.45) is 17.0 Å². The quantitative estimate of drug-likeness (QED) is 0.344. The molecule has 3 N–H and O–H groups in total. The Hall–Kier alpha value is -2.11. The van der Waals surface area contributed by atoms with Crippen LogP contribution in [-0.2, 0) is 26.6 Å². The fourth-order valence-corrected chi connectivity index (χ4v) is 8.04. The van der Waals surface area contributed by atoms with Crippen molar-refractivity contribution in [3.05, 3.63) is 68.7 Å². The number of fused-ring (bicyclic) bond motifs is 3. The predicted molar refractivity (Wildman–Crippen MR) is 168 cm³/mol. The Kier molecular flexibility index (Phi) is 9.59. The number of aliphatic hydroxyl groups is 1. The molecule has 0 aromatic heterocycles. The number of esters is 1. The molecule has 3 aliphatic rings. The molecule has 1 unspecified atom stereocenters. The Morgan fingerprint density at radius 3 is 2.83 bits per heavy atom. The number of ether oxygens (including phenoxy) is 2. The largest absolute Gasteiger partial charge is 0.490 e. The minimum Gasteiger partial charge on any atom is -0.490 e. The normalized spacial score (nSPS) is 24.6. The lowest BCUT2D eigenvalue weighted by Crippen LogP contribution is -2.49. The van der Waals surface area contributed by atoms with Crippen LogP contribution in [0, 0.1) is 11.8 Å². The van der Waals surface area contributed by atoms with E-state index in [4.69, 9.17) is 26.2 Å². The van der Waals surface area contributed by atoms with Gasteiger partial charge >= 0.3 is 5.97 Å². The molecule has 42 heavy (non-hydrogen) atoms. The van der Waals surface area contributed by atoms with Gasteiger partial charge in [-0.15, -0.1) is 0 Å². The summed E-state index contributed by atoms with van der Waals surface area (Å²) in [6.07, 6.45) is 6.85. The number of carbonyl (C=O) groups is 1. The molecular weight excluding hydrogens is 644 g/mol. The Labute approximate surface area is 261 Å². The molecule has 8 nitrogen and oxygen atoms in total. The third-order valence-electron chi connectivity index (χ3n) is 9.02. The van der Waals surface area contributed by atoms with Gasteiger partial charge in [-0.2, -0.15) is 0 Å². The molecule has 0 amide bonds. The molecule has 4 atom stereocenters. The van der Waals surface area contributed by atoms with Gasteiger partial charge < -0.3 is 19.5 Å². The molecule has 1 aliphatic heterocycles. The van der Waals surface area contributed by atoms with Crippen LogP contribution in [0.1, 0.15) is 60.0 Å². The zero-order valence-corrected chi connectivity index (χ0v) is 26.9. The van der Waals surface area contributed by atoms with Gasteiger partial charge in [0.1, 0.15) is 5.75 Å². The average molecular weight is 682 g/mol. The first-order valence-corrected chi connectivity index (χ1v) is 17.3. The van der Waals surface area contributed by atoms with Crippen molar-refractivity contribution in [1.29, 1.82) is 0 Å². The number of primary sulfonamides is 1. The Morgan fingerprint density at radius 1 is 1.31 bits per heavy atom. The summed E-state index contributed by atoms with van der Waals surface area (Å²) in [4.78, 5) is 14.8. The highest BCUT2D eigenvalue weighted by molar-refractivity contribution is 9.11. The fourth-order valence-electron chi connectivity index (χ4n) is 6.75. The number of aliphatic hydroxyl groups excluding tert-OH is 1. The van der Waals surface area contributed by atoms with E-state index in [2.05, 4.69) is 33.0 Å². The lowest BCUT2D eigenvalue weighted by atomic mass is 9.68. The third kappa shape index (κ3) is 6.99. The van der Waals surface area contributed by atoms with Crippen LogP contribution in [0.4, 0.5) is 5.69 Å². The number of hydrogen-bond acceptors (Lipinski definition) is 7. The number of nitrogens with two attached hydrogens (primary N) is 1. The van der Waals surface area contributed by atoms with Crippen molar-refractivity contribution in [3.63, 3.8) is 0 Å². The van der Waals surface area contributed by atoms with Gasteiger partial charge in [0.15, 0.2) is 0 Å². The topological polar surface area (TPSA) is 119 Å². The zero-order chi connectivity index (χ0) is 30.1. The van der Waals surface area contributed by atoms with Crippen molar-refractivity contribution in [2.75, 3.05) is 37.5 Å². The summed E-state index contributed by atoms with van der Waals surface area (Å²) in [5.74, 6) is 0.511. The van der Waals surface area contributed by atoms with Crippen LogP contribution in [-0.4, -0.2) is 58.2 Å². The van der Waals surface area contributed by atoms with E-state index >= 15 is 0 Å². The first-order valence-electron chi connectivity index (χ1n) is 14.4. The van der Waals surface area contributed by atoms with Crippen molar-refractivity contribution in [2.45, 2.75) is 56.5 Å². The maximum Gasteiger partial charge on any atom is 0.337 e. The summed E-state index contributed by atoms with van der Waals surface area (Å²) in [6, 6.07) is 11.6. The Bertz CT molecular complexity index is 1470. The van der Waals surface area contributed by atoms with E-state index in [1.165, 1.54) is 18.2 Å². The number of nitrogens with zero attached hydrogens (tertiary/aromatic N) is 1. The van der Waals surface area contributed by atoms with E-state index < -0.39 is 22.1 Å². The molecule has 1 saturated carbocycles. The number of allylic oxidation sites excluding steroid dienone is 1. The second kappa shape index (κ2) is 12.9. The van der Waals surface area contributed by atoms with Crippen LogP contribution in [0.5, 0.6) is 5.75 Å². The maximum atomic E-state index is 12.5. The van der Waals surface area contributed by atoms with Gasteiger partial charge in [-0.25, -0.2) is 18.4 Å². The first kappa shape index (κ1) is 31.3. The molecule has 228 valence electrons. The van der Waals surface area contributed by atoms with Crippen molar-refractivity contribution in [1.82, 2.24) is 0 Å².